The number of hydrogen-bond acceptors (Lipinski definition) is 5. The first-order valence-electron chi connectivity index (χ1n) is 12.0. The van der Waals surface area contributed by atoms with Gasteiger partial charge in [0.05, 0.1) is 23.9 Å². The van der Waals surface area contributed by atoms with Crippen LogP contribution in [0.15, 0.2) is 90.1 Å². The van der Waals surface area contributed by atoms with Gasteiger partial charge in [-0.05, 0) is 60.9 Å². The summed E-state index contributed by atoms with van der Waals surface area (Å²) in [5, 5.41) is 2.93. The number of benzene rings is 3. The highest BCUT2D eigenvalue weighted by Crippen LogP contribution is 2.34. The third-order valence-electron chi connectivity index (χ3n) is 5.92. The molecule has 0 fully saturated rings. The molecule has 0 bridgehead atoms. The van der Waals surface area contributed by atoms with Crippen molar-refractivity contribution >= 4 is 12.0 Å². The highest BCUT2D eigenvalue weighted by atomic mass is 16.5. The first-order valence-corrected chi connectivity index (χ1v) is 12.0. The predicted octanol–water partition coefficient (Wildman–Crippen LogP) is 5.63. The van der Waals surface area contributed by atoms with Crippen LogP contribution in [-0.2, 0) is 16.0 Å². The van der Waals surface area contributed by atoms with Crippen LogP contribution in [0.3, 0.4) is 0 Å². The largest absolute Gasteiger partial charge is 0.487 e. The second-order valence-electron chi connectivity index (χ2n) is 8.30. The van der Waals surface area contributed by atoms with Gasteiger partial charge in [0, 0.05) is 7.05 Å². The highest BCUT2D eigenvalue weighted by molar-refractivity contribution is 5.95. The normalized spacial score (nSPS) is 15.4. The van der Waals surface area contributed by atoms with Gasteiger partial charge in [-0.15, -0.1) is 0 Å². The number of carbonyl (C=O) groups excluding carboxylic acids is 2. The molecular weight excluding hydrogens is 456 g/mol. The van der Waals surface area contributed by atoms with Crippen molar-refractivity contribution < 1.29 is 23.8 Å². The topological polar surface area (TPSA) is 77.1 Å². The van der Waals surface area contributed by atoms with Crippen molar-refractivity contribution in [2.45, 2.75) is 26.3 Å². The summed E-state index contributed by atoms with van der Waals surface area (Å²) in [7, 11) is 1.61. The number of ether oxygens (including phenoxy) is 3. The molecule has 0 radical (unpaired) electrons. The molecule has 0 aliphatic carbocycles. The first kappa shape index (κ1) is 24.9. The molecule has 1 aliphatic heterocycles. The van der Waals surface area contributed by atoms with E-state index < -0.39 is 12.0 Å². The van der Waals surface area contributed by atoms with E-state index in [1.807, 2.05) is 78.9 Å². The summed E-state index contributed by atoms with van der Waals surface area (Å²) >= 11 is 0. The van der Waals surface area contributed by atoms with Crippen molar-refractivity contribution in [1.82, 2.24) is 10.2 Å². The summed E-state index contributed by atoms with van der Waals surface area (Å²) in [5.74, 6) is 1.43. The Labute approximate surface area is 211 Å². The molecule has 1 heterocycles. The van der Waals surface area contributed by atoms with Gasteiger partial charge in [-0.25, -0.2) is 9.59 Å². The maximum Gasteiger partial charge on any atom is 0.338 e. The molecule has 7 nitrogen and oxygen atoms in total. The summed E-state index contributed by atoms with van der Waals surface area (Å²) in [4.78, 5) is 27.5. The van der Waals surface area contributed by atoms with Crippen LogP contribution in [0.1, 0.15) is 31.0 Å². The number of nitrogens with one attached hydrogen (secondary N) is 1. The second kappa shape index (κ2) is 11.4. The number of amides is 2. The third kappa shape index (κ3) is 5.68. The lowest BCUT2D eigenvalue weighted by atomic mass is 9.94. The molecular formula is C29H30N2O5. The average Bonchev–Trinajstić information content (AvgIpc) is 2.90. The molecule has 0 aromatic heterocycles. The van der Waals surface area contributed by atoms with E-state index in [4.69, 9.17) is 14.2 Å². The van der Waals surface area contributed by atoms with E-state index in [2.05, 4.69) is 12.2 Å². The van der Waals surface area contributed by atoms with Crippen LogP contribution >= 0.6 is 0 Å². The van der Waals surface area contributed by atoms with Gasteiger partial charge in [0.1, 0.15) is 23.9 Å². The molecule has 3 aromatic carbocycles. The van der Waals surface area contributed by atoms with Gasteiger partial charge in [0.2, 0.25) is 0 Å². The van der Waals surface area contributed by atoms with Crippen molar-refractivity contribution in [3.8, 4) is 17.2 Å². The zero-order valence-electron chi connectivity index (χ0n) is 20.7. The molecule has 3 aromatic rings. The minimum Gasteiger partial charge on any atom is -0.487 e. The lowest BCUT2D eigenvalue weighted by Gasteiger charge is -2.34. The molecule has 36 heavy (non-hydrogen) atoms. The van der Waals surface area contributed by atoms with E-state index in [0.29, 0.717) is 34.1 Å². The van der Waals surface area contributed by atoms with Crippen molar-refractivity contribution in [3.05, 3.63) is 101 Å². The quantitative estimate of drug-likeness (QED) is 0.397. The Bertz CT molecular complexity index is 1260. The Hall–Kier alpha value is -4.26. The zero-order chi connectivity index (χ0) is 25.5. The fourth-order valence-corrected chi connectivity index (χ4v) is 4.02. The second-order valence-corrected chi connectivity index (χ2v) is 8.30. The Balaban J connectivity index is 1.70. The van der Waals surface area contributed by atoms with Gasteiger partial charge < -0.3 is 19.5 Å². The van der Waals surface area contributed by atoms with E-state index in [1.165, 1.54) is 4.90 Å². The molecule has 0 saturated carbocycles. The third-order valence-corrected chi connectivity index (χ3v) is 5.92. The number of aryl methyl sites for hydroxylation is 1. The van der Waals surface area contributed by atoms with Crippen molar-refractivity contribution in [2.75, 3.05) is 20.3 Å². The van der Waals surface area contributed by atoms with Gasteiger partial charge in [0.15, 0.2) is 0 Å². The van der Waals surface area contributed by atoms with E-state index in [1.54, 1.807) is 14.0 Å². The number of hydrogen-bond donors (Lipinski definition) is 1. The lowest BCUT2D eigenvalue weighted by Crippen LogP contribution is -2.48. The van der Waals surface area contributed by atoms with E-state index in [9.17, 15) is 9.59 Å². The maximum absolute atomic E-state index is 13.2. The number of rotatable bonds is 9. The van der Waals surface area contributed by atoms with Gasteiger partial charge in [-0.1, -0.05) is 49.4 Å². The fraction of sp³-hybridized carbons (Fsp3) is 0.241. The molecule has 4 rings (SSSR count). The van der Waals surface area contributed by atoms with Crippen LogP contribution in [0.5, 0.6) is 17.2 Å². The van der Waals surface area contributed by atoms with E-state index in [0.717, 1.165) is 12.0 Å². The monoisotopic (exact) mass is 486 g/mol. The standard InChI is InChI=1S/C29H30N2O5/c1-4-20-11-9-15-23(17-20)35-19-25-26(28(32)34-5-2)27(30-29(33)31(25)3)21-12-10-16-24(18-21)36-22-13-7-6-8-14-22/h6-18,27H,4-5,19H2,1-3H3,(H,30,33). The minimum absolute atomic E-state index is 0.0297. The Kier molecular flexibility index (Phi) is 7.90. The van der Waals surface area contributed by atoms with Gasteiger partial charge in [-0.3, -0.25) is 4.90 Å². The number of carbonyl (C=O) groups is 2. The van der Waals surface area contributed by atoms with Crippen LogP contribution in [0.4, 0.5) is 4.79 Å². The summed E-state index contributed by atoms with van der Waals surface area (Å²) in [5.41, 5.74) is 2.59. The van der Waals surface area contributed by atoms with Crippen molar-refractivity contribution in [1.29, 1.82) is 0 Å². The molecule has 0 spiro atoms. The molecule has 0 saturated heterocycles. The number of esters is 1. The zero-order valence-corrected chi connectivity index (χ0v) is 20.7. The number of para-hydroxylation sites is 1. The average molecular weight is 487 g/mol. The summed E-state index contributed by atoms with van der Waals surface area (Å²) < 4.78 is 17.4. The van der Waals surface area contributed by atoms with Gasteiger partial charge in [-0.2, -0.15) is 0 Å². The van der Waals surface area contributed by atoms with E-state index in [-0.39, 0.29) is 19.2 Å². The Morgan fingerprint density at radius 3 is 2.39 bits per heavy atom. The molecule has 7 heteroatoms. The summed E-state index contributed by atoms with van der Waals surface area (Å²) in [6.45, 7) is 4.05. The molecule has 1 aliphatic rings. The Morgan fingerprint density at radius 2 is 1.64 bits per heavy atom. The molecule has 2 amide bonds. The molecule has 1 N–H and O–H groups in total. The van der Waals surface area contributed by atoms with Crippen LogP contribution in [0, 0.1) is 0 Å². The van der Waals surface area contributed by atoms with Crippen LogP contribution in [0.25, 0.3) is 0 Å². The van der Waals surface area contributed by atoms with Crippen molar-refractivity contribution in [3.63, 3.8) is 0 Å². The van der Waals surface area contributed by atoms with Crippen LogP contribution in [0.2, 0.25) is 0 Å². The smallest absolute Gasteiger partial charge is 0.338 e. The van der Waals surface area contributed by atoms with Gasteiger partial charge >= 0.3 is 12.0 Å². The number of nitrogens with zero attached hydrogens (tertiary/aromatic N) is 1. The van der Waals surface area contributed by atoms with Crippen LogP contribution in [-0.4, -0.2) is 37.2 Å². The number of likely N-dealkylation sites (N-methyl/N-ethyl adjacent to an activating group) is 1. The summed E-state index contributed by atoms with van der Waals surface area (Å²) in [6.07, 6.45) is 0.875. The fourth-order valence-electron chi connectivity index (χ4n) is 4.02. The molecule has 1 atom stereocenters. The van der Waals surface area contributed by atoms with Crippen molar-refractivity contribution in [2.24, 2.45) is 0 Å². The SMILES string of the molecule is CCOC(=O)C1=C(COc2cccc(CC)c2)N(C)C(=O)NC1c1cccc(Oc2ccccc2)c1. The minimum atomic E-state index is -0.729. The molecule has 186 valence electrons. The number of urea groups is 1. The summed E-state index contributed by atoms with van der Waals surface area (Å²) in [6, 6.07) is 23.4. The maximum atomic E-state index is 13.2. The lowest BCUT2D eigenvalue weighted by molar-refractivity contribution is -0.139. The molecule has 1 unspecified atom stereocenters. The van der Waals surface area contributed by atoms with E-state index >= 15 is 0 Å². The highest BCUT2D eigenvalue weighted by Gasteiger charge is 2.37. The van der Waals surface area contributed by atoms with Crippen LogP contribution < -0.4 is 14.8 Å². The first-order chi connectivity index (χ1) is 17.5. The predicted molar refractivity (Wildman–Crippen MR) is 137 cm³/mol. The Morgan fingerprint density at radius 1 is 0.917 bits per heavy atom. The van der Waals surface area contributed by atoms with Gasteiger partial charge in [0.25, 0.3) is 0 Å².